The Labute approximate surface area is 151 Å². The van der Waals surface area contributed by atoms with Crippen LogP contribution in [0.4, 0.5) is 4.79 Å². The highest BCUT2D eigenvalue weighted by Gasteiger charge is 2.24. The second-order valence-electron chi connectivity index (χ2n) is 8.93. The molecular formula is C19H34N2O4. The van der Waals surface area contributed by atoms with Crippen molar-refractivity contribution in [2.45, 2.75) is 90.5 Å². The van der Waals surface area contributed by atoms with Crippen molar-refractivity contribution < 1.29 is 19.4 Å². The van der Waals surface area contributed by atoms with Gasteiger partial charge in [0, 0.05) is 23.9 Å². The zero-order chi connectivity index (χ0) is 19.3. The second kappa shape index (κ2) is 8.70. The molecule has 0 radical (unpaired) electrons. The summed E-state index contributed by atoms with van der Waals surface area (Å²) in [5.74, 6) is 0.00855. The molecule has 0 saturated carbocycles. The topological polar surface area (TPSA) is 87.7 Å². The first-order valence-electron chi connectivity index (χ1n) is 9.00. The fourth-order valence-electron chi connectivity index (χ4n) is 2.69. The van der Waals surface area contributed by atoms with E-state index in [-0.39, 0.29) is 22.9 Å². The Morgan fingerprint density at radius 1 is 1.04 bits per heavy atom. The number of nitrogens with one attached hydrogen (secondary N) is 2. The Balaban J connectivity index is 2.66. The first kappa shape index (κ1) is 21.5. The summed E-state index contributed by atoms with van der Waals surface area (Å²) in [7, 11) is 0. The molecule has 0 fully saturated rings. The number of rotatable bonds is 3. The van der Waals surface area contributed by atoms with Crippen LogP contribution in [0.1, 0.15) is 67.2 Å². The van der Waals surface area contributed by atoms with E-state index in [9.17, 15) is 14.7 Å². The molecule has 0 heterocycles. The lowest BCUT2D eigenvalue weighted by molar-refractivity contribution is -0.123. The summed E-state index contributed by atoms with van der Waals surface area (Å²) in [4.78, 5) is 24.1. The summed E-state index contributed by atoms with van der Waals surface area (Å²) in [5, 5.41) is 15.8. The van der Waals surface area contributed by atoms with Crippen molar-refractivity contribution in [2.75, 3.05) is 0 Å². The van der Waals surface area contributed by atoms with Gasteiger partial charge in [0.25, 0.3) is 0 Å². The third-order valence-electron chi connectivity index (χ3n) is 3.67. The molecule has 1 aliphatic carbocycles. The summed E-state index contributed by atoms with van der Waals surface area (Å²) < 4.78 is 5.41. The lowest BCUT2D eigenvalue weighted by atomic mass is 9.91. The van der Waals surface area contributed by atoms with Crippen molar-refractivity contribution in [3.05, 3.63) is 12.2 Å². The second-order valence-corrected chi connectivity index (χ2v) is 8.93. The summed E-state index contributed by atoms with van der Waals surface area (Å²) in [6.07, 6.45) is 4.22. The zero-order valence-corrected chi connectivity index (χ0v) is 16.4. The van der Waals surface area contributed by atoms with E-state index in [0.29, 0.717) is 19.3 Å². The van der Waals surface area contributed by atoms with Gasteiger partial charge in [-0.2, -0.15) is 0 Å². The molecule has 3 atom stereocenters. The molecule has 6 nitrogen and oxygen atoms in total. The molecule has 2 amide bonds. The minimum Gasteiger partial charge on any atom is -0.442 e. The Morgan fingerprint density at radius 3 is 2.20 bits per heavy atom. The van der Waals surface area contributed by atoms with E-state index in [1.54, 1.807) is 6.08 Å². The Bertz CT molecular complexity index is 489. The Kier molecular flexibility index (Phi) is 7.47. The van der Waals surface area contributed by atoms with Gasteiger partial charge >= 0.3 is 6.09 Å². The molecule has 0 aromatic heterocycles. The predicted molar refractivity (Wildman–Crippen MR) is 98.2 cm³/mol. The van der Waals surface area contributed by atoms with Gasteiger partial charge in [0.15, 0.2) is 0 Å². The van der Waals surface area contributed by atoms with Crippen LogP contribution in [-0.2, 0) is 9.53 Å². The van der Waals surface area contributed by atoms with Crippen molar-refractivity contribution in [2.24, 2.45) is 5.92 Å². The standard InChI is InChI=1S/C19H34N2O4/c1-18(2,3)20-16(23)11-13-7-9-14(22)12-15(10-8-13)25-17(24)21-19(4,5)6/h8,10,13-15,22H,7,9,11-12H2,1-6H3,(H,20,23)(H,21,24)/b10-8+. The molecule has 0 saturated heterocycles. The Hall–Kier alpha value is -1.56. The van der Waals surface area contributed by atoms with Gasteiger partial charge < -0.3 is 20.5 Å². The van der Waals surface area contributed by atoms with Gasteiger partial charge in [0.2, 0.25) is 5.91 Å². The van der Waals surface area contributed by atoms with E-state index in [1.165, 1.54) is 0 Å². The van der Waals surface area contributed by atoms with Gasteiger partial charge in [-0.3, -0.25) is 4.79 Å². The number of aliphatic hydroxyl groups excluding tert-OH is 1. The van der Waals surface area contributed by atoms with Crippen LogP contribution in [0, 0.1) is 5.92 Å². The monoisotopic (exact) mass is 354 g/mol. The summed E-state index contributed by atoms with van der Waals surface area (Å²) in [6.45, 7) is 11.5. The average molecular weight is 354 g/mol. The molecule has 1 aliphatic rings. The summed E-state index contributed by atoms with van der Waals surface area (Å²) in [5.41, 5.74) is -0.646. The first-order chi connectivity index (χ1) is 11.3. The quantitative estimate of drug-likeness (QED) is 0.680. The maximum atomic E-state index is 12.1. The third kappa shape index (κ3) is 10.1. The predicted octanol–water partition coefficient (Wildman–Crippen LogP) is 2.90. The van der Waals surface area contributed by atoms with Gasteiger partial charge in [-0.15, -0.1) is 0 Å². The summed E-state index contributed by atoms with van der Waals surface area (Å²) >= 11 is 0. The lowest BCUT2D eigenvalue weighted by Crippen LogP contribution is -2.42. The molecule has 3 unspecified atom stereocenters. The molecule has 6 heteroatoms. The highest BCUT2D eigenvalue weighted by Crippen LogP contribution is 2.22. The molecule has 0 aromatic rings. The van der Waals surface area contributed by atoms with E-state index in [0.717, 1.165) is 6.42 Å². The van der Waals surface area contributed by atoms with E-state index in [4.69, 9.17) is 4.74 Å². The molecule has 0 bridgehead atoms. The number of carbonyl (C=O) groups excluding carboxylic acids is 2. The van der Waals surface area contributed by atoms with E-state index in [1.807, 2.05) is 47.6 Å². The molecule has 0 aliphatic heterocycles. The molecule has 1 rings (SSSR count). The summed E-state index contributed by atoms with van der Waals surface area (Å²) in [6, 6.07) is 0. The van der Waals surface area contributed by atoms with Crippen LogP contribution in [0.3, 0.4) is 0 Å². The highest BCUT2D eigenvalue weighted by atomic mass is 16.6. The van der Waals surface area contributed by atoms with Crippen molar-refractivity contribution in [3.8, 4) is 0 Å². The van der Waals surface area contributed by atoms with Gasteiger partial charge in [-0.1, -0.05) is 6.08 Å². The number of amides is 2. The van der Waals surface area contributed by atoms with Crippen molar-refractivity contribution in [1.82, 2.24) is 10.6 Å². The van der Waals surface area contributed by atoms with Crippen molar-refractivity contribution in [3.63, 3.8) is 0 Å². The van der Waals surface area contributed by atoms with Crippen LogP contribution in [0.25, 0.3) is 0 Å². The van der Waals surface area contributed by atoms with Crippen LogP contribution < -0.4 is 10.6 Å². The fraction of sp³-hybridized carbons (Fsp3) is 0.789. The van der Waals surface area contributed by atoms with Crippen LogP contribution >= 0.6 is 0 Å². The smallest absolute Gasteiger partial charge is 0.408 e. The first-order valence-corrected chi connectivity index (χ1v) is 9.00. The van der Waals surface area contributed by atoms with Crippen LogP contribution in [0.15, 0.2) is 12.2 Å². The number of hydrogen-bond donors (Lipinski definition) is 3. The SMILES string of the molecule is CC(C)(C)NC(=O)CC1/C=C/C(OC(=O)NC(C)(C)C)CC(O)CC1. The van der Waals surface area contributed by atoms with Crippen molar-refractivity contribution in [1.29, 1.82) is 0 Å². The fourth-order valence-corrected chi connectivity index (χ4v) is 2.69. The molecule has 3 N–H and O–H groups in total. The molecule has 0 aromatic carbocycles. The van der Waals surface area contributed by atoms with Crippen LogP contribution in [-0.4, -0.2) is 40.4 Å². The minimum atomic E-state index is -0.550. The maximum Gasteiger partial charge on any atom is 0.408 e. The Morgan fingerprint density at radius 2 is 1.64 bits per heavy atom. The van der Waals surface area contributed by atoms with Gasteiger partial charge in [0.05, 0.1) is 6.10 Å². The van der Waals surface area contributed by atoms with Crippen LogP contribution in [0.5, 0.6) is 0 Å². The number of ether oxygens (including phenoxy) is 1. The molecule has 144 valence electrons. The minimum absolute atomic E-state index is 0.0137. The van der Waals surface area contributed by atoms with E-state index in [2.05, 4.69) is 10.6 Å². The average Bonchev–Trinajstić information content (AvgIpc) is 2.35. The van der Waals surface area contributed by atoms with E-state index >= 15 is 0 Å². The van der Waals surface area contributed by atoms with E-state index < -0.39 is 18.3 Å². The lowest BCUT2D eigenvalue weighted by Gasteiger charge is -2.26. The van der Waals surface area contributed by atoms with Crippen molar-refractivity contribution >= 4 is 12.0 Å². The number of allylic oxidation sites excluding steroid dienone is 1. The van der Waals surface area contributed by atoms with Crippen LogP contribution in [0.2, 0.25) is 0 Å². The number of alkyl carbamates (subject to hydrolysis) is 1. The van der Waals surface area contributed by atoms with Gasteiger partial charge in [-0.05, 0) is 66.4 Å². The zero-order valence-electron chi connectivity index (χ0n) is 16.4. The number of hydrogen-bond acceptors (Lipinski definition) is 4. The molecular weight excluding hydrogens is 320 g/mol. The number of carbonyl (C=O) groups is 2. The number of aliphatic hydroxyl groups is 1. The maximum absolute atomic E-state index is 12.1. The van der Waals surface area contributed by atoms with Gasteiger partial charge in [0.1, 0.15) is 6.10 Å². The normalized spacial score (nSPS) is 26.1. The molecule has 25 heavy (non-hydrogen) atoms. The third-order valence-corrected chi connectivity index (χ3v) is 3.67. The largest absolute Gasteiger partial charge is 0.442 e. The highest BCUT2D eigenvalue weighted by molar-refractivity contribution is 5.77. The molecule has 0 spiro atoms. The van der Waals surface area contributed by atoms with Gasteiger partial charge in [-0.25, -0.2) is 4.79 Å².